The van der Waals surface area contributed by atoms with Gasteiger partial charge >= 0.3 is 0 Å². The molecule has 0 bridgehead atoms. The lowest BCUT2D eigenvalue weighted by Gasteiger charge is -2.04. The van der Waals surface area contributed by atoms with Crippen molar-refractivity contribution in [3.63, 3.8) is 0 Å². The Labute approximate surface area is 115 Å². The fourth-order valence-electron chi connectivity index (χ4n) is 1.87. The van der Waals surface area contributed by atoms with Crippen molar-refractivity contribution in [3.8, 4) is 0 Å². The first kappa shape index (κ1) is 13.7. The predicted octanol–water partition coefficient (Wildman–Crippen LogP) is 2.44. The fraction of sp³-hybridized carbons (Fsp3) is 0.231. The van der Waals surface area contributed by atoms with Gasteiger partial charge in [0, 0.05) is 17.3 Å². The number of carbonyl (C=O) groups excluding carboxylic acids is 1. The van der Waals surface area contributed by atoms with E-state index in [-0.39, 0.29) is 11.3 Å². The summed E-state index contributed by atoms with van der Waals surface area (Å²) in [4.78, 5) is 22.6. The second kappa shape index (κ2) is 5.52. The molecule has 7 heteroatoms. The topological polar surface area (TPSA) is 101 Å². The van der Waals surface area contributed by atoms with Crippen molar-refractivity contribution < 1.29 is 9.72 Å². The van der Waals surface area contributed by atoms with Crippen LogP contribution in [-0.2, 0) is 6.42 Å². The summed E-state index contributed by atoms with van der Waals surface area (Å²) in [6, 6.07) is 6.32. The van der Waals surface area contributed by atoms with Crippen LogP contribution in [0.25, 0.3) is 0 Å². The summed E-state index contributed by atoms with van der Waals surface area (Å²) in [5, 5.41) is 20.3. The van der Waals surface area contributed by atoms with Gasteiger partial charge in [0.25, 0.3) is 11.6 Å². The molecule has 1 aromatic carbocycles. The highest BCUT2D eigenvalue weighted by atomic mass is 16.6. The highest BCUT2D eigenvalue weighted by Gasteiger charge is 2.22. The number of nitrogens with zero attached hydrogens (tertiary/aromatic N) is 2. The lowest BCUT2D eigenvalue weighted by atomic mass is 10.1. The average molecular weight is 274 g/mol. The minimum Gasteiger partial charge on any atom is -0.305 e. The van der Waals surface area contributed by atoms with Gasteiger partial charge < -0.3 is 5.32 Å². The lowest BCUT2D eigenvalue weighted by molar-refractivity contribution is -0.385. The number of benzene rings is 1. The van der Waals surface area contributed by atoms with Crippen LogP contribution in [0, 0.1) is 17.0 Å². The van der Waals surface area contributed by atoms with Gasteiger partial charge in [0.15, 0.2) is 5.82 Å². The summed E-state index contributed by atoms with van der Waals surface area (Å²) in [5.41, 5.74) is 1.16. The summed E-state index contributed by atoms with van der Waals surface area (Å²) in [6.07, 6.45) is 0.757. The Bertz CT molecular complexity index is 663. The Morgan fingerprint density at radius 1 is 1.50 bits per heavy atom. The molecule has 0 spiro atoms. The predicted molar refractivity (Wildman–Crippen MR) is 73.8 cm³/mol. The van der Waals surface area contributed by atoms with E-state index in [1.165, 1.54) is 6.07 Å². The second-order valence-electron chi connectivity index (χ2n) is 4.31. The highest BCUT2D eigenvalue weighted by Crippen LogP contribution is 2.23. The standard InChI is InChI=1S/C13H14N4O3/c1-3-9-7-11(16-15-9)14-13(18)10-6-4-5-8(2)12(10)17(19)20/h4-7H,3H2,1-2H3,(H2,14,15,16,18). The van der Waals surface area contributed by atoms with Gasteiger partial charge in [-0.3, -0.25) is 20.0 Å². The summed E-state index contributed by atoms with van der Waals surface area (Å²) in [5.74, 6) is -0.197. The first-order valence-corrected chi connectivity index (χ1v) is 6.12. The Morgan fingerprint density at radius 3 is 2.85 bits per heavy atom. The van der Waals surface area contributed by atoms with E-state index in [1.807, 2.05) is 6.92 Å². The van der Waals surface area contributed by atoms with Crippen molar-refractivity contribution in [1.29, 1.82) is 0 Å². The molecule has 2 aromatic rings. The number of nitro groups is 1. The van der Waals surface area contributed by atoms with Crippen LogP contribution in [0.5, 0.6) is 0 Å². The first-order valence-electron chi connectivity index (χ1n) is 6.12. The number of H-pyrrole nitrogens is 1. The van der Waals surface area contributed by atoms with E-state index in [0.717, 1.165) is 12.1 Å². The maximum absolute atomic E-state index is 12.1. The molecule has 0 atom stereocenters. The van der Waals surface area contributed by atoms with Crippen LogP contribution in [0.3, 0.4) is 0 Å². The molecule has 0 fully saturated rings. The molecular weight excluding hydrogens is 260 g/mol. The molecule has 7 nitrogen and oxygen atoms in total. The Kier molecular flexibility index (Phi) is 3.79. The van der Waals surface area contributed by atoms with Gasteiger partial charge in [-0.25, -0.2) is 0 Å². The van der Waals surface area contributed by atoms with Crippen LogP contribution in [0.4, 0.5) is 11.5 Å². The molecule has 2 rings (SSSR count). The number of rotatable bonds is 4. The molecule has 0 unspecified atom stereocenters. The molecule has 0 aliphatic carbocycles. The summed E-state index contributed by atoms with van der Waals surface area (Å²) in [7, 11) is 0. The lowest BCUT2D eigenvalue weighted by Crippen LogP contribution is -2.14. The van der Waals surface area contributed by atoms with Crippen molar-refractivity contribution in [2.45, 2.75) is 20.3 Å². The normalized spacial score (nSPS) is 10.3. The van der Waals surface area contributed by atoms with E-state index in [9.17, 15) is 14.9 Å². The van der Waals surface area contributed by atoms with Crippen molar-refractivity contribution in [3.05, 3.63) is 51.2 Å². The number of nitrogens with one attached hydrogen (secondary N) is 2. The number of carbonyl (C=O) groups is 1. The maximum atomic E-state index is 12.1. The molecule has 2 N–H and O–H groups in total. The number of nitro benzene ring substituents is 1. The molecule has 1 heterocycles. The van der Waals surface area contributed by atoms with Crippen LogP contribution < -0.4 is 5.32 Å². The fourth-order valence-corrected chi connectivity index (χ4v) is 1.87. The Balaban J connectivity index is 2.29. The van der Waals surface area contributed by atoms with Crippen LogP contribution in [-0.4, -0.2) is 21.0 Å². The van der Waals surface area contributed by atoms with E-state index in [1.54, 1.807) is 25.1 Å². The van der Waals surface area contributed by atoms with Gasteiger partial charge in [-0.1, -0.05) is 19.1 Å². The van der Waals surface area contributed by atoms with Crippen LogP contribution in [0.1, 0.15) is 28.5 Å². The van der Waals surface area contributed by atoms with Gasteiger partial charge in [0.05, 0.1) is 4.92 Å². The van der Waals surface area contributed by atoms with E-state index in [2.05, 4.69) is 15.5 Å². The number of aromatic amines is 1. The first-order chi connectivity index (χ1) is 9.52. The minimum absolute atomic E-state index is 0.0241. The second-order valence-corrected chi connectivity index (χ2v) is 4.31. The molecule has 1 amide bonds. The van der Waals surface area contributed by atoms with Crippen LogP contribution in [0.2, 0.25) is 0 Å². The van der Waals surface area contributed by atoms with E-state index >= 15 is 0 Å². The Hall–Kier alpha value is -2.70. The SMILES string of the molecule is CCc1cc(NC(=O)c2cccc(C)c2[N+](=O)[O-])n[nH]1. The number of amides is 1. The number of hydrogen-bond acceptors (Lipinski definition) is 4. The van der Waals surface area contributed by atoms with Gasteiger partial charge in [0.2, 0.25) is 0 Å². The molecule has 0 saturated heterocycles. The zero-order chi connectivity index (χ0) is 14.7. The third kappa shape index (κ3) is 2.66. The Morgan fingerprint density at radius 2 is 2.25 bits per heavy atom. The molecule has 0 aliphatic rings. The van der Waals surface area contributed by atoms with Crippen molar-refractivity contribution in [1.82, 2.24) is 10.2 Å². The molecule has 0 saturated carbocycles. The molecule has 1 aromatic heterocycles. The summed E-state index contributed by atoms with van der Waals surface area (Å²) < 4.78 is 0. The van der Waals surface area contributed by atoms with E-state index in [4.69, 9.17) is 0 Å². The number of aromatic nitrogens is 2. The van der Waals surface area contributed by atoms with Crippen molar-refractivity contribution in [2.24, 2.45) is 0 Å². The third-order valence-electron chi connectivity index (χ3n) is 2.92. The largest absolute Gasteiger partial charge is 0.305 e. The smallest absolute Gasteiger partial charge is 0.285 e. The number of aryl methyl sites for hydroxylation is 2. The zero-order valence-electron chi connectivity index (χ0n) is 11.1. The maximum Gasteiger partial charge on any atom is 0.285 e. The number of hydrogen-bond donors (Lipinski definition) is 2. The average Bonchev–Trinajstić information content (AvgIpc) is 2.85. The quantitative estimate of drug-likeness (QED) is 0.660. The van der Waals surface area contributed by atoms with Gasteiger partial charge in [-0.05, 0) is 19.4 Å². The molecular formula is C13H14N4O3. The van der Waals surface area contributed by atoms with E-state index < -0.39 is 10.8 Å². The molecule has 0 radical (unpaired) electrons. The molecule has 20 heavy (non-hydrogen) atoms. The summed E-state index contributed by atoms with van der Waals surface area (Å²) >= 11 is 0. The zero-order valence-corrected chi connectivity index (χ0v) is 11.1. The van der Waals surface area contributed by atoms with Crippen LogP contribution in [0.15, 0.2) is 24.3 Å². The highest BCUT2D eigenvalue weighted by molar-refractivity contribution is 6.06. The summed E-state index contributed by atoms with van der Waals surface area (Å²) in [6.45, 7) is 3.54. The number of anilines is 1. The number of para-hydroxylation sites is 1. The molecule has 0 aliphatic heterocycles. The van der Waals surface area contributed by atoms with Gasteiger partial charge in [-0.15, -0.1) is 0 Å². The van der Waals surface area contributed by atoms with Crippen LogP contribution >= 0.6 is 0 Å². The van der Waals surface area contributed by atoms with Crippen molar-refractivity contribution in [2.75, 3.05) is 5.32 Å². The van der Waals surface area contributed by atoms with Crippen molar-refractivity contribution >= 4 is 17.4 Å². The minimum atomic E-state index is -0.549. The monoisotopic (exact) mass is 274 g/mol. The van der Waals surface area contributed by atoms with Gasteiger partial charge in [0.1, 0.15) is 5.56 Å². The molecule has 104 valence electrons. The van der Waals surface area contributed by atoms with Gasteiger partial charge in [-0.2, -0.15) is 5.10 Å². The van der Waals surface area contributed by atoms with E-state index in [0.29, 0.717) is 11.4 Å². The third-order valence-corrected chi connectivity index (χ3v) is 2.92.